The van der Waals surface area contributed by atoms with Gasteiger partial charge in [-0.1, -0.05) is 19.3 Å². The van der Waals surface area contributed by atoms with E-state index < -0.39 is 35.2 Å². The van der Waals surface area contributed by atoms with Gasteiger partial charge in [0, 0.05) is 13.0 Å². The van der Waals surface area contributed by atoms with E-state index in [4.69, 9.17) is 9.47 Å². The molecule has 1 saturated carbocycles. The lowest BCUT2D eigenvalue weighted by Gasteiger charge is -2.32. The molecule has 0 saturated heterocycles. The highest BCUT2D eigenvalue weighted by Gasteiger charge is 2.35. The molecular weight excluding hydrogens is 350 g/mol. The van der Waals surface area contributed by atoms with Gasteiger partial charge in [0.2, 0.25) is 0 Å². The quantitative estimate of drug-likeness (QED) is 0.517. The number of carbonyl (C=O) groups excluding carboxylic acids is 3. The third kappa shape index (κ3) is 8.76. The van der Waals surface area contributed by atoms with E-state index in [9.17, 15) is 19.6 Å². The first-order chi connectivity index (χ1) is 12.6. The zero-order valence-corrected chi connectivity index (χ0v) is 16.7. The van der Waals surface area contributed by atoms with Crippen molar-refractivity contribution in [3.63, 3.8) is 0 Å². The summed E-state index contributed by atoms with van der Waals surface area (Å²) in [5, 5.41) is 14.7. The lowest BCUT2D eigenvalue weighted by atomic mass is 9.83. The Morgan fingerprint density at radius 3 is 2.37 bits per heavy atom. The van der Waals surface area contributed by atoms with Crippen LogP contribution in [0.2, 0.25) is 0 Å². The third-order valence-electron chi connectivity index (χ3n) is 4.19. The van der Waals surface area contributed by atoms with Crippen molar-refractivity contribution in [3.8, 4) is 6.07 Å². The highest BCUT2D eigenvalue weighted by molar-refractivity contribution is 5.84. The molecule has 8 heteroatoms. The van der Waals surface area contributed by atoms with Crippen molar-refractivity contribution < 1.29 is 23.9 Å². The average Bonchev–Trinajstić information content (AvgIpc) is 2.58. The van der Waals surface area contributed by atoms with Crippen LogP contribution in [0.4, 0.5) is 4.79 Å². The van der Waals surface area contributed by atoms with Gasteiger partial charge in [-0.25, -0.2) is 4.79 Å². The van der Waals surface area contributed by atoms with E-state index in [2.05, 4.69) is 16.7 Å². The summed E-state index contributed by atoms with van der Waals surface area (Å²) < 4.78 is 10.2. The van der Waals surface area contributed by atoms with Gasteiger partial charge in [0.1, 0.15) is 11.1 Å². The summed E-state index contributed by atoms with van der Waals surface area (Å²) in [5.74, 6) is -0.989. The fourth-order valence-electron chi connectivity index (χ4n) is 2.80. The molecule has 2 amide bonds. The summed E-state index contributed by atoms with van der Waals surface area (Å²) >= 11 is 0. The molecule has 1 fully saturated rings. The minimum atomic E-state index is -0.969. The van der Waals surface area contributed by atoms with Crippen LogP contribution in [0.25, 0.3) is 0 Å². The second-order valence-electron chi connectivity index (χ2n) is 7.91. The van der Waals surface area contributed by atoms with Crippen LogP contribution in [-0.4, -0.2) is 41.8 Å². The first kappa shape index (κ1) is 22.7. The SMILES string of the molecule is C[C@@H](OC(=O)CCCNC(=O)OC(C)(C)C)C(=O)NC1(C#N)CCCCC1. The molecule has 0 spiro atoms. The number of rotatable bonds is 7. The van der Waals surface area contributed by atoms with Gasteiger partial charge in [-0.05, 0) is 47.0 Å². The molecule has 0 heterocycles. The van der Waals surface area contributed by atoms with Crippen molar-refractivity contribution in [2.24, 2.45) is 0 Å². The number of nitrogens with one attached hydrogen (secondary N) is 2. The van der Waals surface area contributed by atoms with Gasteiger partial charge in [-0.3, -0.25) is 9.59 Å². The van der Waals surface area contributed by atoms with Gasteiger partial charge in [0.25, 0.3) is 5.91 Å². The topological polar surface area (TPSA) is 118 Å². The first-order valence-corrected chi connectivity index (χ1v) is 9.46. The molecule has 0 aromatic heterocycles. The summed E-state index contributed by atoms with van der Waals surface area (Å²) in [7, 11) is 0. The maximum Gasteiger partial charge on any atom is 0.407 e. The van der Waals surface area contributed by atoms with Crippen LogP contribution in [0, 0.1) is 11.3 Å². The van der Waals surface area contributed by atoms with E-state index in [-0.39, 0.29) is 13.0 Å². The van der Waals surface area contributed by atoms with Crippen molar-refractivity contribution in [3.05, 3.63) is 0 Å². The number of amides is 2. The fraction of sp³-hybridized carbons (Fsp3) is 0.789. The molecule has 0 aliphatic heterocycles. The molecule has 152 valence electrons. The Bertz CT molecular complexity index is 571. The number of nitrogens with zero attached hydrogens (tertiary/aromatic N) is 1. The van der Waals surface area contributed by atoms with Crippen molar-refractivity contribution in [2.45, 2.75) is 89.9 Å². The Hall–Kier alpha value is -2.30. The molecule has 0 aromatic carbocycles. The van der Waals surface area contributed by atoms with Crippen LogP contribution < -0.4 is 10.6 Å². The number of nitriles is 1. The zero-order valence-electron chi connectivity index (χ0n) is 16.7. The minimum Gasteiger partial charge on any atom is -0.453 e. The van der Waals surface area contributed by atoms with Gasteiger partial charge < -0.3 is 20.1 Å². The van der Waals surface area contributed by atoms with Crippen molar-refractivity contribution in [2.75, 3.05) is 6.54 Å². The van der Waals surface area contributed by atoms with Crippen LogP contribution >= 0.6 is 0 Å². The van der Waals surface area contributed by atoms with E-state index in [0.717, 1.165) is 19.3 Å². The highest BCUT2D eigenvalue weighted by atomic mass is 16.6. The van der Waals surface area contributed by atoms with Crippen molar-refractivity contribution >= 4 is 18.0 Å². The Kier molecular flexibility index (Phi) is 8.54. The maximum atomic E-state index is 12.2. The molecule has 0 bridgehead atoms. The second-order valence-corrected chi connectivity index (χ2v) is 7.91. The van der Waals surface area contributed by atoms with Crippen LogP contribution in [-0.2, 0) is 19.1 Å². The van der Waals surface area contributed by atoms with E-state index in [1.165, 1.54) is 6.92 Å². The van der Waals surface area contributed by atoms with Crippen molar-refractivity contribution in [1.29, 1.82) is 5.26 Å². The van der Waals surface area contributed by atoms with Crippen LogP contribution in [0.3, 0.4) is 0 Å². The first-order valence-electron chi connectivity index (χ1n) is 9.46. The highest BCUT2D eigenvalue weighted by Crippen LogP contribution is 2.27. The summed E-state index contributed by atoms with van der Waals surface area (Å²) in [5.41, 5.74) is -1.43. The monoisotopic (exact) mass is 381 g/mol. The normalized spacial score (nSPS) is 17.1. The number of alkyl carbamates (subject to hydrolysis) is 1. The molecule has 1 aliphatic carbocycles. The van der Waals surface area contributed by atoms with Crippen LogP contribution in [0.1, 0.15) is 72.6 Å². The molecule has 2 N–H and O–H groups in total. The molecule has 1 aliphatic rings. The van der Waals surface area contributed by atoms with E-state index in [0.29, 0.717) is 19.3 Å². The van der Waals surface area contributed by atoms with Crippen molar-refractivity contribution in [1.82, 2.24) is 10.6 Å². The van der Waals surface area contributed by atoms with Gasteiger partial charge in [-0.15, -0.1) is 0 Å². The zero-order chi connectivity index (χ0) is 20.5. The molecule has 0 unspecified atom stereocenters. The number of esters is 1. The maximum absolute atomic E-state index is 12.2. The number of ether oxygens (including phenoxy) is 2. The largest absolute Gasteiger partial charge is 0.453 e. The molecule has 1 rings (SSSR count). The standard InChI is InChI=1S/C19H31N3O5/c1-14(16(24)22-19(13-20)10-6-5-7-11-19)26-15(23)9-8-12-21-17(25)27-18(2,3)4/h14H,5-12H2,1-4H3,(H,21,25)(H,22,24)/t14-/m1/s1. The smallest absolute Gasteiger partial charge is 0.407 e. The minimum absolute atomic E-state index is 0.0663. The number of hydrogen-bond acceptors (Lipinski definition) is 6. The molecule has 1 atom stereocenters. The Morgan fingerprint density at radius 1 is 1.19 bits per heavy atom. The Morgan fingerprint density at radius 2 is 1.81 bits per heavy atom. The van der Waals surface area contributed by atoms with Crippen LogP contribution in [0.5, 0.6) is 0 Å². The summed E-state index contributed by atoms with van der Waals surface area (Å²) in [6, 6.07) is 2.20. The van der Waals surface area contributed by atoms with Gasteiger partial charge >= 0.3 is 12.1 Å². The van der Waals surface area contributed by atoms with E-state index in [1.807, 2.05) is 0 Å². The van der Waals surface area contributed by atoms with E-state index in [1.54, 1.807) is 20.8 Å². The molecule has 0 radical (unpaired) electrons. The summed E-state index contributed by atoms with van der Waals surface area (Å²) in [4.78, 5) is 35.6. The van der Waals surface area contributed by atoms with Gasteiger partial charge in [0.15, 0.2) is 6.10 Å². The molecule has 27 heavy (non-hydrogen) atoms. The fourth-order valence-corrected chi connectivity index (χ4v) is 2.80. The molecular formula is C19H31N3O5. The molecule has 8 nitrogen and oxygen atoms in total. The molecule has 0 aromatic rings. The summed E-state index contributed by atoms with van der Waals surface area (Å²) in [6.45, 7) is 7.04. The van der Waals surface area contributed by atoms with Gasteiger partial charge in [0.05, 0.1) is 6.07 Å². The Balaban J connectivity index is 2.30. The van der Waals surface area contributed by atoms with Gasteiger partial charge in [-0.2, -0.15) is 5.26 Å². The predicted molar refractivity (Wildman–Crippen MR) is 98.6 cm³/mol. The summed E-state index contributed by atoms with van der Waals surface area (Å²) in [6.07, 6.45) is 3.01. The second kappa shape index (κ2) is 10.1. The van der Waals surface area contributed by atoms with Crippen LogP contribution in [0.15, 0.2) is 0 Å². The average molecular weight is 381 g/mol. The predicted octanol–water partition coefficient (Wildman–Crippen LogP) is 2.57. The van der Waals surface area contributed by atoms with E-state index >= 15 is 0 Å². The lowest BCUT2D eigenvalue weighted by molar-refractivity contribution is -0.155. The third-order valence-corrected chi connectivity index (χ3v) is 4.19. The number of hydrogen-bond donors (Lipinski definition) is 2. The Labute approximate surface area is 161 Å². The lowest BCUT2D eigenvalue weighted by Crippen LogP contribution is -2.52. The number of carbonyl (C=O) groups is 3.